The van der Waals surface area contributed by atoms with Crippen LogP contribution in [-0.2, 0) is 11.2 Å². The molecule has 1 aliphatic rings. The lowest BCUT2D eigenvalue weighted by molar-refractivity contribution is -0.119. The number of hydrogen-bond acceptors (Lipinski definition) is 5. The molecule has 0 radical (unpaired) electrons. The van der Waals surface area contributed by atoms with Crippen LogP contribution < -0.4 is 16.0 Å². The monoisotopic (exact) mass is 343 g/mol. The van der Waals surface area contributed by atoms with Gasteiger partial charge in [0.1, 0.15) is 17.7 Å². The Hall–Kier alpha value is -2.70. The van der Waals surface area contributed by atoms with Gasteiger partial charge in [0.25, 0.3) is 0 Å². The molecule has 1 fully saturated rings. The summed E-state index contributed by atoms with van der Waals surface area (Å²) in [5.74, 6) is 0.501. The summed E-state index contributed by atoms with van der Waals surface area (Å²) in [5, 5.41) is 3.11. The molecule has 2 aromatic rings. The molecule has 1 atom stereocenters. The highest BCUT2D eigenvalue weighted by atomic mass is 19.1. The van der Waals surface area contributed by atoms with E-state index in [9.17, 15) is 9.18 Å². The first-order valence-electron chi connectivity index (χ1n) is 8.53. The van der Waals surface area contributed by atoms with E-state index in [0.717, 1.165) is 37.9 Å². The van der Waals surface area contributed by atoms with Crippen molar-refractivity contribution in [1.82, 2.24) is 9.97 Å². The van der Waals surface area contributed by atoms with Crippen LogP contribution in [0.4, 0.5) is 21.8 Å². The fourth-order valence-electron chi connectivity index (χ4n) is 3.07. The summed E-state index contributed by atoms with van der Waals surface area (Å²) in [4.78, 5) is 22.7. The second-order valence-corrected chi connectivity index (χ2v) is 6.18. The summed E-state index contributed by atoms with van der Waals surface area (Å²) in [6.45, 7) is 2.82. The van der Waals surface area contributed by atoms with Gasteiger partial charge in [-0.25, -0.2) is 9.37 Å². The molecule has 1 unspecified atom stereocenters. The van der Waals surface area contributed by atoms with Gasteiger partial charge in [0.05, 0.1) is 0 Å². The lowest BCUT2D eigenvalue weighted by Gasteiger charge is -2.24. The van der Waals surface area contributed by atoms with E-state index in [1.807, 2.05) is 11.0 Å². The predicted molar refractivity (Wildman–Crippen MR) is 95.3 cm³/mol. The Morgan fingerprint density at radius 2 is 2.12 bits per heavy atom. The lowest BCUT2D eigenvalue weighted by atomic mass is 10.2. The van der Waals surface area contributed by atoms with E-state index in [1.165, 1.54) is 12.1 Å². The highest BCUT2D eigenvalue weighted by Gasteiger charge is 2.30. The number of nitrogens with zero attached hydrogens (tertiary/aromatic N) is 3. The van der Waals surface area contributed by atoms with Crippen LogP contribution in [0, 0.1) is 5.82 Å². The van der Waals surface area contributed by atoms with Crippen LogP contribution in [0.15, 0.2) is 30.3 Å². The first kappa shape index (κ1) is 17.1. The van der Waals surface area contributed by atoms with Gasteiger partial charge in [-0.15, -0.1) is 0 Å². The number of aryl methyl sites for hydroxylation is 1. The summed E-state index contributed by atoms with van der Waals surface area (Å²) < 4.78 is 13.1. The van der Waals surface area contributed by atoms with Crippen LogP contribution in [0.1, 0.15) is 31.9 Å². The maximum atomic E-state index is 13.1. The summed E-state index contributed by atoms with van der Waals surface area (Å²) in [6.07, 6.45) is 3.40. The van der Waals surface area contributed by atoms with E-state index < -0.39 is 0 Å². The quantitative estimate of drug-likeness (QED) is 0.842. The van der Waals surface area contributed by atoms with Crippen molar-refractivity contribution < 1.29 is 9.18 Å². The molecule has 1 aromatic heterocycles. The number of carbonyl (C=O) groups is 1. The molecule has 0 spiro atoms. The van der Waals surface area contributed by atoms with E-state index in [2.05, 4.69) is 22.2 Å². The van der Waals surface area contributed by atoms with Crippen LogP contribution in [0.5, 0.6) is 0 Å². The van der Waals surface area contributed by atoms with Crippen molar-refractivity contribution in [3.63, 3.8) is 0 Å². The third kappa shape index (κ3) is 4.04. The zero-order valence-electron chi connectivity index (χ0n) is 14.2. The minimum Gasteiger partial charge on any atom is -0.368 e. The summed E-state index contributed by atoms with van der Waals surface area (Å²) in [7, 11) is 0. The van der Waals surface area contributed by atoms with E-state index in [0.29, 0.717) is 17.5 Å². The first-order chi connectivity index (χ1) is 12.1. The summed E-state index contributed by atoms with van der Waals surface area (Å²) in [5.41, 5.74) is 7.12. The van der Waals surface area contributed by atoms with Crippen LogP contribution >= 0.6 is 0 Å². The maximum Gasteiger partial charge on any atom is 0.240 e. The molecule has 2 heterocycles. The molecule has 6 nitrogen and oxygen atoms in total. The van der Waals surface area contributed by atoms with Crippen LogP contribution in [0.2, 0.25) is 0 Å². The molecule has 0 bridgehead atoms. The number of anilines is 3. The first-order valence-corrected chi connectivity index (χ1v) is 8.53. The average molecular weight is 343 g/mol. The predicted octanol–water partition coefficient (Wildman–Crippen LogP) is 2.77. The van der Waals surface area contributed by atoms with Crippen molar-refractivity contribution in [3.8, 4) is 0 Å². The fourth-order valence-corrected chi connectivity index (χ4v) is 3.07. The Morgan fingerprint density at radius 1 is 1.36 bits per heavy atom. The van der Waals surface area contributed by atoms with Gasteiger partial charge in [0, 0.05) is 24.0 Å². The number of primary amides is 1. The highest BCUT2D eigenvalue weighted by Crippen LogP contribution is 2.26. The van der Waals surface area contributed by atoms with Crippen LogP contribution in [0.3, 0.4) is 0 Å². The third-order valence-electron chi connectivity index (χ3n) is 4.25. The zero-order chi connectivity index (χ0) is 17.8. The van der Waals surface area contributed by atoms with E-state index in [4.69, 9.17) is 5.73 Å². The number of carbonyl (C=O) groups excluding carboxylic acids is 1. The summed E-state index contributed by atoms with van der Waals surface area (Å²) in [6, 6.07) is 7.61. The van der Waals surface area contributed by atoms with Crippen molar-refractivity contribution >= 4 is 23.4 Å². The van der Waals surface area contributed by atoms with Crippen molar-refractivity contribution in [2.75, 3.05) is 16.8 Å². The highest BCUT2D eigenvalue weighted by molar-refractivity contribution is 5.84. The van der Waals surface area contributed by atoms with Crippen molar-refractivity contribution in [2.24, 2.45) is 5.73 Å². The normalized spacial score (nSPS) is 16.9. The van der Waals surface area contributed by atoms with Crippen molar-refractivity contribution in [2.45, 2.75) is 38.6 Å². The smallest absolute Gasteiger partial charge is 0.240 e. The van der Waals surface area contributed by atoms with E-state index in [-0.39, 0.29) is 17.8 Å². The molecule has 0 saturated carbocycles. The zero-order valence-corrected chi connectivity index (χ0v) is 14.2. The maximum absolute atomic E-state index is 13.1. The topological polar surface area (TPSA) is 84.1 Å². The van der Waals surface area contributed by atoms with Gasteiger partial charge < -0.3 is 16.0 Å². The number of amides is 1. The SMILES string of the molecule is CCCc1cc(N2CCCC2C(N)=O)nc(Nc2ccc(F)cc2)n1. The standard InChI is InChI=1S/C18H22FN5O/c1-2-4-14-11-16(24-10-3-5-15(24)17(20)25)23-18(22-14)21-13-8-6-12(19)7-9-13/h6-9,11,15H,2-5,10H2,1H3,(H2,20,25)(H,21,22,23). The molecule has 0 aliphatic carbocycles. The molecule has 7 heteroatoms. The molecule has 1 amide bonds. The van der Waals surface area contributed by atoms with Crippen LogP contribution in [0.25, 0.3) is 0 Å². The minimum absolute atomic E-state index is 0.298. The molecule has 132 valence electrons. The third-order valence-corrected chi connectivity index (χ3v) is 4.25. The number of benzene rings is 1. The van der Waals surface area contributed by atoms with Crippen molar-refractivity contribution in [1.29, 1.82) is 0 Å². The largest absolute Gasteiger partial charge is 0.368 e. The van der Waals surface area contributed by atoms with Gasteiger partial charge in [0.15, 0.2) is 0 Å². The van der Waals surface area contributed by atoms with Crippen molar-refractivity contribution in [3.05, 3.63) is 41.8 Å². The Balaban J connectivity index is 1.91. The molecular formula is C18H22FN5O. The Labute approximate surface area is 146 Å². The number of nitrogens with two attached hydrogens (primary N) is 1. The number of rotatable bonds is 6. The Morgan fingerprint density at radius 3 is 2.80 bits per heavy atom. The number of hydrogen-bond donors (Lipinski definition) is 2. The average Bonchev–Trinajstić information content (AvgIpc) is 3.07. The van der Waals surface area contributed by atoms with E-state index >= 15 is 0 Å². The molecular weight excluding hydrogens is 321 g/mol. The van der Waals surface area contributed by atoms with Gasteiger partial charge >= 0.3 is 0 Å². The fraction of sp³-hybridized carbons (Fsp3) is 0.389. The molecule has 1 saturated heterocycles. The lowest BCUT2D eigenvalue weighted by Crippen LogP contribution is -2.40. The molecule has 3 N–H and O–H groups in total. The van der Waals surface area contributed by atoms with Gasteiger partial charge in [0.2, 0.25) is 11.9 Å². The second-order valence-electron chi connectivity index (χ2n) is 6.18. The molecule has 25 heavy (non-hydrogen) atoms. The number of halogens is 1. The van der Waals surface area contributed by atoms with Gasteiger partial charge in [-0.2, -0.15) is 4.98 Å². The van der Waals surface area contributed by atoms with Gasteiger partial charge in [-0.3, -0.25) is 4.79 Å². The summed E-state index contributed by atoms with van der Waals surface area (Å²) >= 11 is 0. The van der Waals surface area contributed by atoms with E-state index in [1.54, 1.807) is 12.1 Å². The minimum atomic E-state index is -0.332. The number of nitrogens with one attached hydrogen (secondary N) is 1. The molecule has 1 aromatic carbocycles. The molecule has 1 aliphatic heterocycles. The van der Waals surface area contributed by atoms with Gasteiger partial charge in [-0.1, -0.05) is 13.3 Å². The Bertz CT molecular complexity index is 750. The van der Waals surface area contributed by atoms with Gasteiger partial charge in [-0.05, 0) is 43.5 Å². The number of aromatic nitrogens is 2. The second kappa shape index (κ2) is 7.46. The molecule has 3 rings (SSSR count). The Kier molecular flexibility index (Phi) is 5.11. The van der Waals surface area contributed by atoms with Crippen LogP contribution in [-0.4, -0.2) is 28.5 Å².